The van der Waals surface area contributed by atoms with E-state index >= 15 is 0 Å². The van der Waals surface area contributed by atoms with Crippen LogP contribution in [0.4, 0.5) is 0 Å². The number of carbonyl (C=O) groups is 2. The second kappa shape index (κ2) is 5.74. The Morgan fingerprint density at radius 3 is 2.59 bits per heavy atom. The predicted octanol–water partition coefficient (Wildman–Crippen LogP) is 1.53. The molecule has 0 bridgehead atoms. The average molecular weight is 305 g/mol. The van der Waals surface area contributed by atoms with Gasteiger partial charge in [0.05, 0.1) is 11.6 Å². The van der Waals surface area contributed by atoms with E-state index in [9.17, 15) is 14.7 Å². The molecular weight excluding hydrogens is 282 g/mol. The number of nitrogens with one attached hydrogen (secondary N) is 1. The number of aromatic nitrogens is 2. The monoisotopic (exact) mass is 305 g/mol. The van der Waals surface area contributed by atoms with E-state index in [2.05, 4.69) is 10.2 Å². The van der Waals surface area contributed by atoms with Gasteiger partial charge in [-0.2, -0.15) is 5.10 Å². The van der Waals surface area contributed by atoms with Crippen molar-refractivity contribution in [1.29, 1.82) is 0 Å². The molecule has 2 atom stereocenters. The molecule has 1 amide bonds. The van der Waals surface area contributed by atoms with E-state index in [4.69, 9.17) is 0 Å². The fourth-order valence-electron chi connectivity index (χ4n) is 3.63. The van der Waals surface area contributed by atoms with Gasteiger partial charge in [0.1, 0.15) is 0 Å². The van der Waals surface area contributed by atoms with E-state index in [1.165, 1.54) is 0 Å². The Balaban J connectivity index is 1.60. The Hall–Kier alpha value is -1.85. The molecule has 1 aliphatic heterocycles. The van der Waals surface area contributed by atoms with Crippen LogP contribution in [-0.4, -0.2) is 45.2 Å². The highest BCUT2D eigenvalue weighted by Crippen LogP contribution is 2.44. The molecule has 120 valence electrons. The molecule has 2 fully saturated rings. The van der Waals surface area contributed by atoms with Crippen LogP contribution in [0, 0.1) is 31.6 Å². The molecule has 2 heterocycles. The number of aliphatic carboxylic acids is 1. The van der Waals surface area contributed by atoms with Crippen molar-refractivity contribution >= 4 is 11.9 Å². The molecule has 6 nitrogen and oxygen atoms in total. The minimum Gasteiger partial charge on any atom is -0.481 e. The Morgan fingerprint density at radius 1 is 1.32 bits per heavy atom. The van der Waals surface area contributed by atoms with Crippen LogP contribution >= 0.6 is 0 Å². The molecule has 22 heavy (non-hydrogen) atoms. The highest BCUT2D eigenvalue weighted by molar-refractivity contribution is 5.79. The zero-order valence-electron chi connectivity index (χ0n) is 13.1. The van der Waals surface area contributed by atoms with Gasteiger partial charge in [0.2, 0.25) is 5.91 Å². The normalized spacial score (nSPS) is 24.7. The van der Waals surface area contributed by atoms with Gasteiger partial charge in [-0.25, -0.2) is 0 Å². The van der Waals surface area contributed by atoms with Gasteiger partial charge >= 0.3 is 5.97 Å². The summed E-state index contributed by atoms with van der Waals surface area (Å²) in [5.74, 6) is -0.409. The van der Waals surface area contributed by atoms with Crippen molar-refractivity contribution in [2.45, 2.75) is 39.5 Å². The maximum absolute atomic E-state index is 12.4. The fourth-order valence-corrected chi connectivity index (χ4v) is 3.63. The quantitative estimate of drug-likeness (QED) is 0.863. The van der Waals surface area contributed by atoms with Crippen molar-refractivity contribution in [3.63, 3.8) is 0 Å². The summed E-state index contributed by atoms with van der Waals surface area (Å²) < 4.78 is 0. The summed E-state index contributed by atoms with van der Waals surface area (Å²) in [6, 6.07) is 0. The number of carbonyl (C=O) groups excluding carboxylic acids is 1. The topological polar surface area (TPSA) is 86.3 Å². The van der Waals surface area contributed by atoms with Crippen LogP contribution in [0.25, 0.3) is 0 Å². The van der Waals surface area contributed by atoms with Crippen LogP contribution in [0.5, 0.6) is 0 Å². The molecule has 0 spiro atoms. The summed E-state index contributed by atoms with van der Waals surface area (Å²) in [6.45, 7) is 4.88. The summed E-state index contributed by atoms with van der Waals surface area (Å²) in [4.78, 5) is 25.6. The largest absolute Gasteiger partial charge is 0.481 e. The van der Waals surface area contributed by atoms with Crippen LogP contribution in [0.1, 0.15) is 36.2 Å². The number of hydrogen-bond acceptors (Lipinski definition) is 3. The molecule has 1 aliphatic carbocycles. The lowest BCUT2D eigenvalue weighted by atomic mass is 9.92. The minimum absolute atomic E-state index is 0.0643. The summed E-state index contributed by atoms with van der Waals surface area (Å²) in [6.07, 6.45) is 3.31. The van der Waals surface area contributed by atoms with Crippen LogP contribution in [0.2, 0.25) is 0 Å². The van der Waals surface area contributed by atoms with Gasteiger partial charge in [0.25, 0.3) is 0 Å². The predicted molar refractivity (Wildman–Crippen MR) is 80.3 cm³/mol. The minimum atomic E-state index is -0.756. The third-order valence-corrected chi connectivity index (χ3v) is 5.13. The first-order chi connectivity index (χ1) is 10.5. The first-order valence-electron chi connectivity index (χ1n) is 7.98. The average Bonchev–Trinajstić information content (AvgIpc) is 3.14. The Morgan fingerprint density at radius 2 is 2.05 bits per heavy atom. The summed E-state index contributed by atoms with van der Waals surface area (Å²) in [5.41, 5.74) is 3.04. The number of hydrogen-bond donors (Lipinski definition) is 2. The molecule has 0 aromatic carbocycles. The number of H-pyrrole nitrogens is 1. The lowest BCUT2D eigenvalue weighted by Gasteiger charge is -2.16. The zero-order valence-corrected chi connectivity index (χ0v) is 13.1. The van der Waals surface area contributed by atoms with Gasteiger partial charge in [0.15, 0.2) is 0 Å². The van der Waals surface area contributed by atoms with Crippen LogP contribution in [0.15, 0.2) is 0 Å². The molecule has 3 rings (SSSR count). The van der Waals surface area contributed by atoms with Gasteiger partial charge in [0, 0.05) is 25.2 Å². The van der Waals surface area contributed by atoms with Crippen molar-refractivity contribution in [2.24, 2.45) is 17.8 Å². The highest BCUT2D eigenvalue weighted by Gasteiger charge is 2.46. The lowest BCUT2D eigenvalue weighted by molar-refractivity contribution is -0.142. The Kier molecular flexibility index (Phi) is 3.93. The molecule has 0 radical (unpaired) electrons. The Labute approximate surface area is 129 Å². The zero-order chi connectivity index (χ0) is 15.9. The second-order valence-corrected chi connectivity index (χ2v) is 6.66. The van der Waals surface area contributed by atoms with Crippen LogP contribution in [-0.2, 0) is 16.0 Å². The molecule has 1 aromatic heterocycles. The molecular formula is C16H23N3O3. The molecule has 1 saturated heterocycles. The van der Waals surface area contributed by atoms with Crippen LogP contribution in [0.3, 0.4) is 0 Å². The van der Waals surface area contributed by atoms with E-state index in [1.807, 2.05) is 13.8 Å². The van der Waals surface area contributed by atoms with E-state index in [-0.39, 0.29) is 17.7 Å². The van der Waals surface area contributed by atoms with E-state index in [1.54, 1.807) is 4.90 Å². The third kappa shape index (κ3) is 2.87. The number of amides is 1. The number of carboxylic acids is 1. The van der Waals surface area contributed by atoms with Gasteiger partial charge in [-0.15, -0.1) is 0 Å². The fraction of sp³-hybridized carbons (Fsp3) is 0.688. The molecule has 2 unspecified atom stereocenters. The summed E-state index contributed by atoms with van der Waals surface area (Å²) in [5, 5.41) is 16.4. The van der Waals surface area contributed by atoms with Crippen LogP contribution < -0.4 is 0 Å². The number of likely N-dealkylation sites (tertiary alicyclic amines) is 1. The number of carboxylic acid groups (broad SMARTS) is 1. The van der Waals surface area contributed by atoms with Gasteiger partial charge in [-0.1, -0.05) is 0 Å². The first-order valence-corrected chi connectivity index (χ1v) is 7.98. The summed E-state index contributed by atoms with van der Waals surface area (Å²) >= 11 is 0. The van der Waals surface area contributed by atoms with Crippen molar-refractivity contribution in [3.8, 4) is 0 Å². The second-order valence-electron chi connectivity index (χ2n) is 6.66. The molecule has 1 saturated carbocycles. The smallest absolute Gasteiger partial charge is 0.308 e. The highest BCUT2D eigenvalue weighted by atomic mass is 16.4. The first kappa shape index (κ1) is 15.1. The third-order valence-electron chi connectivity index (χ3n) is 5.13. The number of rotatable bonds is 5. The summed E-state index contributed by atoms with van der Waals surface area (Å²) in [7, 11) is 0. The van der Waals surface area contributed by atoms with Crippen molar-refractivity contribution < 1.29 is 14.7 Å². The maximum Gasteiger partial charge on any atom is 0.308 e. The Bertz CT molecular complexity index is 572. The number of aryl methyl sites for hydroxylation is 2. The van der Waals surface area contributed by atoms with Gasteiger partial charge in [-0.3, -0.25) is 14.7 Å². The van der Waals surface area contributed by atoms with E-state index < -0.39 is 5.97 Å². The maximum atomic E-state index is 12.4. The molecule has 1 aromatic rings. The van der Waals surface area contributed by atoms with E-state index in [0.717, 1.165) is 29.8 Å². The van der Waals surface area contributed by atoms with Crippen molar-refractivity contribution in [3.05, 3.63) is 17.0 Å². The molecule has 2 aliphatic rings. The van der Waals surface area contributed by atoms with Gasteiger partial charge in [-0.05, 0) is 50.5 Å². The van der Waals surface area contributed by atoms with Crippen molar-refractivity contribution in [1.82, 2.24) is 15.1 Å². The lowest BCUT2D eigenvalue weighted by Crippen LogP contribution is -2.30. The van der Waals surface area contributed by atoms with E-state index in [0.29, 0.717) is 31.8 Å². The standard InChI is InChI=1S/C16H23N3O3/c1-9-12(10(2)18-17-9)5-6-15(20)19-7-13(11-3-4-11)14(8-19)16(21)22/h11,13-14H,3-8H2,1-2H3,(H,17,18)(H,21,22). The van der Waals surface area contributed by atoms with Gasteiger partial charge < -0.3 is 10.0 Å². The number of aromatic amines is 1. The van der Waals surface area contributed by atoms with Crippen molar-refractivity contribution in [2.75, 3.05) is 13.1 Å². The number of nitrogens with zero attached hydrogens (tertiary/aromatic N) is 2. The SMILES string of the molecule is Cc1n[nH]c(C)c1CCC(=O)N1CC(C(=O)O)C(C2CC2)C1. The molecule has 6 heteroatoms. The molecule has 2 N–H and O–H groups in total.